The predicted molar refractivity (Wildman–Crippen MR) is 37.5 cm³/mol. The van der Waals surface area contributed by atoms with Crippen molar-refractivity contribution < 1.29 is 9.90 Å². The van der Waals surface area contributed by atoms with Crippen molar-refractivity contribution in [3.63, 3.8) is 0 Å². The van der Waals surface area contributed by atoms with Crippen LogP contribution in [0.2, 0.25) is 0 Å². The number of amides is 1. The number of carbonyl (C=O) groups is 1. The van der Waals surface area contributed by atoms with E-state index < -0.39 is 6.10 Å². The molecule has 0 saturated carbocycles. The molecular weight excluding hydrogens is 130 g/mol. The highest BCUT2D eigenvalue weighted by Gasteiger charge is 2.30. The molecule has 3 nitrogen and oxygen atoms in total. The third-order valence-corrected chi connectivity index (χ3v) is 1.64. The van der Waals surface area contributed by atoms with E-state index in [0.717, 1.165) is 0 Å². The molecule has 1 saturated heterocycles. The first kappa shape index (κ1) is 7.54. The summed E-state index contributed by atoms with van der Waals surface area (Å²) in [4.78, 5) is 10.8. The molecule has 0 aromatic carbocycles. The molecule has 1 aliphatic heterocycles. The van der Waals surface area contributed by atoms with Gasteiger partial charge >= 0.3 is 0 Å². The molecule has 0 aliphatic carbocycles. The van der Waals surface area contributed by atoms with Crippen molar-refractivity contribution in [2.75, 3.05) is 0 Å². The maximum Gasteiger partial charge on any atom is 0.223 e. The van der Waals surface area contributed by atoms with E-state index in [1.807, 2.05) is 13.8 Å². The van der Waals surface area contributed by atoms with Gasteiger partial charge in [-0.2, -0.15) is 0 Å². The summed E-state index contributed by atoms with van der Waals surface area (Å²) in [7, 11) is 0. The monoisotopic (exact) mass is 143 g/mol. The number of aliphatic hydroxyl groups excluding tert-OH is 1. The minimum atomic E-state index is -0.455. The zero-order valence-electron chi connectivity index (χ0n) is 6.35. The number of carbonyl (C=O) groups excluding carboxylic acids is 1. The second kappa shape index (κ2) is 2.23. The van der Waals surface area contributed by atoms with Crippen LogP contribution < -0.4 is 5.32 Å². The summed E-state index contributed by atoms with van der Waals surface area (Å²) >= 11 is 0. The van der Waals surface area contributed by atoms with Gasteiger partial charge in [0, 0.05) is 5.54 Å². The Morgan fingerprint density at radius 2 is 2.30 bits per heavy atom. The fourth-order valence-electron chi connectivity index (χ4n) is 1.35. The van der Waals surface area contributed by atoms with E-state index in [1.165, 1.54) is 0 Å². The normalized spacial score (nSPS) is 31.5. The van der Waals surface area contributed by atoms with E-state index >= 15 is 0 Å². The summed E-state index contributed by atoms with van der Waals surface area (Å²) in [5.41, 5.74) is -0.227. The molecule has 0 spiro atoms. The van der Waals surface area contributed by atoms with E-state index in [4.69, 9.17) is 5.11 Å². The zero-order chi connectivity index (χ0) is 7.78. The summed E-state index contributed by atoms with van der Waals surface area (Å²) in [5.74, 6) is -0.0521. The van der Waals surface area contributed by atoms with Gasteiger partial charge in [-0.25, -0.2) is 0 Å². The first-order valence-corrected chi connectivity index (χ1v) is 3.49. The van der Waals surface area contributed by atoms with Crippen LogP contribution in [-0.2, 0) is 4.79 Å². The zero-order valence-corrected chi connectivity index (χ0v) is 6.35. The SMILES string of the molecule is CC1(C)C[C@@H](O)CC(=O)N1. The first-order chi connectivity index (χ1) is 4.49. The largest absolute Gasteiger partial charge is 0.393 e. The lowest BCUT2D eigenvalue weighted by atomic mass is 9.91. The van der Waals surface area contributed by atoms with Crippen LogP contribution in [0, 0.1) is 0 Å². The van der Waals surface area contributed by atoms with E-state index in [2.05, 4.69) is 5.32 Å². The molecule has 3 heteroatoms. The van der Waals surface area contributed by atoms with Crippen molar-refractivity contribution >= 4 is 5.91 Å². The van der Waals surface area contributed by atoms with Crippen LogP contribution in [0.1, 0.15) is 26.7 Å². The molecule has 1 rings (SSSR count). The number of piperidine rings is 1. The second-order valence-electron chi connectivity index (χ2n) is 3.49. The van der Waals surface area contributed by atoms with Crippen LogP contribution in [0.3, 0.4) is 0 Å². The smallest absolute Gasteiger partial charge is 0.223 e. The topological polar surface area (TPSA) is 49.3 Å². The Labute approximate surface area is 60.4 Å². The molecular formula is C7H13NO2. The maximum absolute atomic E-state index is 10.8. The summed E-state index contributed by atoms with van der Waals surface area (Å²) in [6.45, 7) is 3.82. The number of hydrogen-bond acceptors (Lipinski definition) is 2. The van der Waals surface area contributed by atoms with Crippen molar-refractivity contribution in [2.45, 2.75) is 38.3 Å². The van der Waals surface area contributed by atoms with Gasteiger partial charge in [0.25, 0.3) is 0 Å². The van der Waals surface area contributed by atoms with Gasteiger partial charge in [0.05, 0.1) is 12.5 Å². The molecule has 1 amide bonds. The Bertz CT molecular complexity index is 154. The lowest BCUT2D eigenvalue weighted by molar-refractivity contribution is -0.128. The summed E-state index contributed by atoms with van der Waals surface area (Å²) in [6.07, 6.45) is 0.450. The van der Waals surface area contributed by atoms with E-state index in [1.54, 1.807) is 0 Å². The van der Waals surface area contributed by atoms with Gasteiger partial charge in [0.1, 0.15) is 0 Å². The summed E-state index contributed by atoms with van der Waals surface area (Å²) in [6, 6.07) is 0. The van der Waals surface area contributed by atoms with Gasteiger partial charge < -0.3 is 10.4 Å². The highest BCUT2D eigenvalue weighted by atomic mass is 16.3. The van der Waals surface area contributed by atoms with Crippen molar-refractivity contribution in [3.8, 4) is 0 Å². The van der Waals surface area contributed by atoms with Crippen LogP contribution in [0.25, 0.3) is 0 Å². The average Bonchev–Trinajstić information content (AvgIpc) is 1.54. The molecule has 1 atom stereocenters. The number of rotatable bonds is 0. The molecule has 0 aromatic heterocycles. The predicted octanol–water partition coefficient (Wildman–Crippen LogP) is 0.0359. The van der Waals surface area contributed by atoms with Gasteiger partial charge in [0.2, 0.25) is 5.91 Å². The first-order valence-electron chi connectivity index (χ1n) is 3.49. The van der Waals surface area contributed by atoms with Crippen LogP contribution in [0.5, 0.6) is 0 Å². The van der Waals surface area contributed by atoms with Gasteiger partial charge in [-0.05, 0) is 20.3 Å². The minimum absolute atomic E-state index is 0.0521. The highest BCUT2D eigenvalue weighted by Crippen LogP contribution is 2.18. The molecule has 58 valence electrons. The quantitative estimate of drug-likeness (QED) is 0.503. The van der Waals surface area contributed by atoms with Crippen molar-refractivity contribution in [1.29, 1.82) is 0 Å². The molecule has 1 heterocycles. The molecule has 2 N–H and O–H groups in total. The van der Waals surface area contributed by atoms with Gasteiger partial charge in [-0.3, -0.25) is 4.79 Å². The Morgan fingerprint density at radius 3 is 2.70 bits per heavy atom. The standard InChI is InChI=1S/C7H13NO2/c1-7(2)4-5(9)3-6(10)8-7/h5,9H,3-4H2,1-2H3,(H,8,10)/t5-/m0/s1. The lowest BCUT2D eigenvalue weighted by Gasteiger charge is -2.33. The Balaban J connectivity index is 2.59. The van der Waals surface area contributed by atoms with Crippen molar-refractivity contribution in [2.24, 2.45) is 0 Å². The number of hydrogen-bond donors (Lipinski definition) is 2. The third kappa shape index (κ3) is 1.70. The molecule has 0 radical (unpaired) electrons. The van der Waals surface area contributed by atoms with Crippen molar-refractivity contribution in [1.82, 2.24) is 5.32 Å². The average molecular weight is 143 g/mol. The van der Waals surface area contributed by atoms with Crippen LogP contribution in [0.4, 0.5) is 0 Å². The minimum Gasteiger partial charge on any atom is -0.393 e. The van der Waals surface area contributed by atoms with Crippen molar-refractivity contribution in [3.05, 3.63) is 0 Å². The van der Waals surface area contributed by atoms with E-state index in [9.17, 15) is 4.79 Å². The second-order valence-corrected chi connectivity index (χ2v) is 3.49. The van der Waals surface area contributed by atoms with E-state index in [-0.39, 0.29) is 17.9 Å². The fourth-order valence-corrected chi connectivity index (χ4v) is 1.35. The van der Waals surface area contributed by atoms with E-state index in [0.29, 0.717) is 6.42 Å². The third-order valence-electron chi connectivity index (χ3n) is 1.64. The Hall–Kier alpha value is -0.570. The molecule has 1 aliphatic rings. The lowest BCUT2D eigenvalue weighted by Crippen LogP contribution is -2.51. The molecule has 0 aromatic rings. The Morgan fingerprint density at radius 1 is 1.70 bits per heavy atom. The Kier molecular flexibility index (Phi) is 1.68. The van der Waals surface area contributed by atoms with Gasteiger partial charge in [-0.15, -0.1) is 0 Å². The number of nitrogens with one attached hydrogen (secondary N) is 1. The maximum atomic E-state index is 10.8. The fraction of sp³-hybridized carbons (Fsp3) is 0.857. The molecule has 0 unspecified atom stereocenters. The molecule has 0 bridgehead atoms. The number of aliphatic hydroxyl groups is 1. The molecule has 1 fully saturated rings. The van der Waals surface area contributed by atoms with Crippen LogP contribution >= 0.6 is 0 Å². The molecule has 10 heavy (non-hydrogen) atoms. The highest BCUT2D eigenvalue weighted by molar-refractivity contribution is 5.78. The summed E-state index contributed by atoms with van der Waals surface area (Å²) in [5, 5.41) is 11.9. The van der Waals surface area contributed by atoms with Crippen LogP contribution in [-0.4, -0.2) is 22.7 Å². The summed E-state index contributed by atoms with van der Waals surface area (Å²) < 4.78 is 0. The van der Waals surface area contributed by atoms with Gasteiger partial charge in [-0.1, -0.05) is 0 Å². The van der Waals surface area contributed by atoms with Crippen LogP contribution in [0.15, 0.2) is 0 Å². The van der Waals surface area contributed by atoms with Gasteiger partial charge in [0.15, 0.2) is 0 Å².